The molecule has 1 rings (SSSR count). The van der Waals surface area contributed by atoms with Gasteiger partial charge in [-0.05, 0) is 19.9 Å². The summed E-state index contributed by atoms with van der Waals surface area (Å²) in [5.74, 6) is 0. The van der Waals surface area contributed by atoms with Crippen molar-refractivity contribution in [1.82, 2.24) is 14.5 Å². The second-order valence-electron chi connectivity index (χ2n) is 3.66. The van der Waals surface area contributed by atoms with E-state index in [4.69, 9.17) is 4.74 Å². The molecule has 92 valence electrons. The second-order valence-corrected chi connectivity index (χ2v) is 3.66. The summed E-state index contributed by atoms with van der Waals surface area (Å²) < 4.78 is 8.38. The lowest BCUT2D eigenvalue weighted by Gasteiger charge is -2.04. The Hall–Kier alpha value is -1.07. The standard InChI is InChI=1S/C11H21N3O2/c1-3-13-8-9-14(11(13)15)7-4-5-12-6-10-16-2/h8-9,12H,3-7,10H2,1-2H3. The first-order valence-corrected chi connectivity index (χ1v) is 5.74. The lowest BCUT2D eigenvalue weighted by Crippen LogP contribution is -2.26. The molecule has 0 radical (unpaired) electrons. The summed E-state index contributed by atoms with van der Waals surface area (Å²) in [5.41, 5.74) is 0.0828. The molecule has 1 heterocycles. The zero-order valence-corrected chi connectivity index (χ0v) is 10.1. The SMILES string of the molecule is CCn1ccn(CCCNCCOC)c1=O. The molecular formula is C11H21N3O2. The molecule has 0 aliphatic rings. The van der Waals surface area contributed by atoms with Gasteiger partial charge in [0, 0.05) is 39.1 Å². The van der Waals surface area contributed by atoms with E-state index in [1.807, 2.05) is 19.3 Å². The van der Waals surface area contributed by atoms with Crippen LogP contribution in [-0.4, -0.2) is 35.9 Å². The Morgan fingerprint density at radius 1 is 1.31 bits per heavy atom. The first kappa shape index (κ1) is 13.0. The molecule has 0 aromatic carbocycles. The monoisotopic (exact) mass is 227 g/mol. The van der Waals surface area contributed by atoms with Gasteiger partial charge in [-0.1, -0.05) is 0 Å². The highest BCUT2D eigenvalue weighted by Gasteiger charge is 2.00. The van der Waals surface area contributed by atoms with Gasteiger partial charge in [-0.15, -0.1) is 0 Å². The smallest absolute Gasteiger partial charge is 0.328 e. The van der Waals surface area contributed by atoms with E-state index in [1.54, 1.807) is 16.2 Å². The Labute approximate surface area is 96.0 Å². The van der Waals surface area contributed by atoms with Crippen molar-refractivity contribution in [1.29, 1.82) is 0 Å². The quantitative estimate of drug-likeness (QED) is 0.650. The van der Waals surface area contributed by atoms with E-state index in [0.717, 1.165) is 39.2 Å². The molecule has 0 saturated carbocycles. The van der Waals surface area contributed by atoms with E-state index in [2.05, 4.69) is 5.32 Å². The fraction of sp³-hybridized carbons (Fsp3) is 0.727. The molecule has 0 unspecified atom stereocenters. The molecule has 1 aromatic heterocycles. The number of rotatable bonds is 8. The number of imidazole rings is 1. The normalized spacial score (nSPS) is 10.9. The van der Waals surface area contributed by atoms with Crippen LogP contribution in [0.4, 0.5) is 0 Å². The van der Waals surface area contributed by atoms with E-state index in [9.17, 15) is 4.79 Å². The molecule has 0 spiro atoms. The highest BCUT2D eigenvalue weighted by Crippen LogP contribution is 1.88. The maximum absolute atomic E-state index is 11.7. The number of methoxy groups -OCH3 is 1. The summed E-state index contributed by atoms with van der Waals surface area (Å²) in [6, 6.07) is 0. The molecule has 0 aliphatic carbocycles. The van der Waals surface area contributed by atoms with Gasteiger partial charge in [-0.2, -0.15) is 0 Å². The Balaban J connectivity index is 2.22. The average Bonchev–Trinajstić information content (AvgIpc) is 2.65. The first-order valence-electron chi connectivity index (χ1n) is 5.74. The number of nitrogens with zero attached hydrogens (tertiary/aromatic N) is 2. The van der Waals surface area contributed by atoms with Crippen LogP contribution in [-0.2, 0) is 17.8 Å². The third-order valence-electron chi connectivity index (χ3n) is 2.49. The largest absolute Gasteiger partial charge is 0.383 e. The third-order valence-corrected chi connectivity index (χ3v) is 2.49. The van der Waals surface area contributed by atoms with Crippen molar-refractivity contribution in [2.75, 3.05) is 26.8 Å². The Morgan fingerprint density at radius 3 is 2.69 bits per heavy atom. The second kappa shape index (κ2) is 7.24. The molecule has 5 heteroatoms. The van der Waals surface area contributed by atoms with Gasteiger partial charge >= 0.3 is 5.69 Å². The Morgan fingerprint density at radius 2 is 2.06 bits per heavy atom. The summed E-state index contributed by atoms with van der Waals surface area (Å²) in [6.07, 6.45) is 4.64. The van der Waals surface area contributed by atoms with Gasteiger partial charge in [-0.3, -0.25) is 9.13 Å². The van der Waals surface area contributed by atoms with Crippen LogP contribution in [0.5, 0.6) is 0 Å². The van der Waals surface area contributed by atoms with Crippen molar-refractivity contribution in [3.63, 3.8) is 0 Å². The number of hydrogen-bond acceptors (Lipinski definition) is 3. The van der Waals surface area contributed by atoms with Crippen LogP contribution in [0.25, 0.3) is 0 Å². The predicted octanol–water partition coefficient (Wildman–Crippen LogP) is 0.296. The first-order chi connectivity index (χ1) is 7.79. The third kappa shape index (κ3) is 3.83. The Kier molecular flexibility index (Phi) is 5.88. The number of aryl methyl sites for hydroxylation is 2. The molecule has 1 N–H and O–H groups in total. The number of hydrogen-bond donors (Lipinski definition) is 1. The molecule has 0 aliphatic heterocycles. The number of aromatic nitrogens is 2. The van der Waals surface area contributed by atoms with Gasteiger partial charge in [0.25, 0.3) is 0 Å². The van der Waals surface area contributed by atoms with Crippen molar-refractivity contribution in [3.05, 3.63) is 22.9 Å². The van der Waals surface area contributed by atoms with Crippen molar-refractivity contribution in [2.45, 2.75) is 26.4 Å². The topological polar surface area (TPSA) is 48.2 Å². The molecule has 0 saturated heterocycles. The van der Waals surface area contributed by atoms with Crippen molar-refractivity contribution >= 4 is 0 Å². The molecule has 16 heavy (non-hydrogen) atoms. The molecule has 0 atom stereocenters. The predicted molar refractivity (Wildman–Crippen MR) is 63.7 cm³/mol. The van der Waals surface area contributed by atoms with E-state index < -0.39 is 0 Å². The molecule has 5 nitrogen and oxygen atoms in total. The lowest BCUT2D eigenvalue weighted by molar-refractivity contribution is 0.199. The maximum Gasteiger partial charge on any atom is 0.328 e. The van der Waals surface area contributed by atoms with E-state index in [1.165, 1.54) is 0 Å². The van der Waals surface area contributed by atoms with Crippen LogP contribution in [0.15, 0.2) is 17.2 Å². The van der Waals surface area contributed by atoms with Gasteiger partial charge in [0.15, 0.2) is 0 Å². The molecule has 0 fully saturated rings. The minimum absolute atomic E-state index is 0.0828. The summed E-state index contributed by atoms with van der Waals surface area (Å²) in [4.78, 5) is 11.7. The van der Waals surface area contributed by atoms with Gasteiger partial charge in [0.1, 0.15) is 0 Å². The minimum Gasteiger partial charge on any atom is -0.383 e. The summed E-state index contributed by atoms with van der Waals surface area (Å²) in [7, 11) is 1.69. The average molecular weight is 227 g/mol. The summed E-state index contributed by atoms with van der Waals surface area (Å²) >= 11 is 0. The maximum atomic E-state index is 11.7. The van der Waals surface area contributed by atoms with Gasteiger partial charge < -0.3 is 10.1 Å². The Bertz CT molecular complexity index is 343. The van der Waals surface area contributed by atoms with Gasteiger partial charge in [0.05, 0.1) is 6.61 Å². The van der Waals surface area contributed by atoms with E-state index in [0.29, 0.717) is 0 Å². The summed E-state index contributed by atoms with van der Waals surface area (Å²) in [6.45, 7) is 5.97. The zero-order valence-electron chi connectivity index (χ0n) is 10.1. The van der Waals surface area contributed by atoms with Crippen LogP contribution in [0, 0.1) is 0 Å². The minimum atomic E-state index is 0.0828. The molecule has 1 aromatic rings. The number of ether oxygens (including phenoxy) is 1. The van der Waals surface area contributed by atoms with Gasteiger partial charge in [-0.25, -0.2) is 4.79 Å². The van der Waals surface area contributed by atoms with E-state index >= 15 is 0 Å². The number of nitrogens with one attached hydrogen (secondary N) is 1. The van der Waals surface area contributed by atoms with Crippen molar-refractivity contribution < 1.29 is 4.74 Å². The van der Waals surface area contributed by atoms with Crippen LogP contribution in [0.1, 0.15) is 13.3 Å². The molecule has 0 bridgehead atoms. The lowest BCUT2D eigenvalue weighted by atomic mass is 10.4. The van der Waals surface area contributed by atoms with E-state index in [-0.39, 0.29) is 5.69 Å². The summed E-state index contributed by atoms with van der Waals surface area (Å²) in [5, 5.41) is 3.25. The highest BCUT2D eigenvalue weighted by molar-refractivity contribution is 4.80. The molecular weight excluding hydrogens is 206 g/mol. The van der Waals surface area contributed by atoms with Gasteiger partial charge in [0.2, 0.25) is 0 Å². The van der Waals surface area contributed by atoms with Crippen LogP contribution >= 0.6 is 0 Å². The fourth-order valence-electron chi connectivity index (χ4n) is 1.54. The van der Waals surface area contributed by atoms with Crippen LogP contribution < -0.4 is 11.0 Å². The van der Waals surface area contributed by atoms with Crippen LogP contribution in [0.2, 0.25) is 0 Å². The van der Waals surface area contributed by atoms with Crippen molar-refractivity contribution in [2.24, 2.45) is 0 Å². The van der Waals surface area contributed by atoms with Crippen LogP contribution in [0.3, 0.4) is 0 Å². The molecule has 0 amide bonds. The van der Waals surface area contributed by atoms with Crippen molar-refractivity contribution in [3.8, 4) is 0 Å². The zero-order chi connectivity index (χ0) is 11.8. The fourth-order valence-corrected chi connectivity index (χ4v) is 1.54. The highest BCUT2D eigenvalue weighted by atomic mass is 16.5.